The molecule has 0 spiro atoms. The molecule has 2 aromatic heterocycles. The van der Waals surface area contributed by atoms with Gasteiger partial charge in [0.25, 0.3) is 0 Å². The number of hydrogen-bond donors (Lipinski definition) is 1. The van der Waals surface area contributed by atoms with Gasteiger partial charge in [0.05, 0.1) is 5.52 Å². The number of rotatable bonds is 3. The normalized spacial score (nSPS) is 11.5. The predicted molar refractivity (Wildman–Crippen MR) is 75.8 cm³/mol. The van der Waals surface area contributed by atoms with Crippen molar-refractivity contribution < 1.29 is 5.21 Å². The van der Waals surface area contributed by atoms with Crippen molar-refractivity contribution in [2.75, 3.05) is 0 Å². The molecule has 0 atom stereocenters. The van der Waals surface area contributed by atoms with Crippen molar-refractivity contribution in [2.24, 2.45) is 0 Å². The van der Waals surface area contributed by atoms with Crippen LogP contribution in [0.2, 0.25) is 5.15 Å². The van der Waals surface area contributed by atoms with Gasteiger partial charge in [0.15, 0.2) is 5.15 Å². The summed E-state index contributed by atoms with van der Waals surface area (Å²) in [6.07, 6.45) is 2.76. The highest BCUT2D eigenvalue weighted by Gasteiger charge is 2.16. The Labute approximate surface area is 115 Å². The van der Waals surface area contributed by atoms with Gasteiger partial charge in [0, 0.05) is 11.8 Å². The summed E-state index contributed by atoms with van der Waals surface area (Å²) in [6, 6.07) is 7.60. The Morgan fingerprint density at radius 2 is 2.05 bits per heavy atom. The standard InChI is InChI=1S/C14H14ClN3O/c1-2-3-8-11-17-12-13(18(11)19)9-6-4-5-7-10(9)16-14(12)15/h4-7,19H,2-3,8H2,1H3. The third kappa shape index (κ3) is 1.92. The minimum absolute atomic E-state index is 0.333. The average Bonchev–Trinajstić information content (AvgIpc) is 2.75. The van der Waals surface area contributed by atoms with Crippen molar-refractivity contribution in [3.05, 3.63) is 35.2 Å². The first-order valence-electron chi connectivity index (χ1n) is 6.37. The average molecular weight is 276 g/mol. The van der Waals surface area contributed by atoms with E-state index in [-0.39, 0.29) is 0 Å². The van der Waals surface area contributed by atoms with Crippen molar-refractivity contribution in [1.29, 1.82) is 0 Å². The topological polar surface area (TPSA) is 50.9 Å². The molecule has 0 aliphatic rings. The number of benzene rings is 1. The van der Waals surface area contributed by atoms with Crippen LogP contribution in [0, 0.1) is 0 Å². The molecule has 0 saturated carbocycles. The summed E-state index contributed by atoms with van der Waals surface area (Å²) >= 11 is 6.16. The number of fused-ring (bicyclic) bond motifs is 3. The molecule has 3 rings (SSSR count). The van der Waals surface area contributed by atoms with E-state index in [1.54, 1.807) is 0 Å². The lowest BCUT2D eigenvalue weighted by atomic mass is 10.2. The summed E-state index contributed by atoms with van der Waals surface area (Å²) in [5.41, 5.74) is 1.97. The van der Waals surface area contributed by atoms with Crippen molar-refractivity contribution in [2.45, 2.75) is 26.2 Å². The zero-order valence-electron chi connectivity index (χ0n) is 10.6. The van der Waals surface area contributed by atoms with Gasteiger partial charge in [0.1, 0.15) is 16.9 Å². The fraction of sp³-hybridized carbons (Fsp3) is 0.286. The van der Waals surface area contributed by atoms with E-state index in [9.17, 15) is 5.21 Å². The second kappa shape index (κ2) is 4.70. The smallest absolute Gasteiger partial charge is 0.157 e. The molecular formula is C14H14ClN3O. The molecule has 0 unspecified atom stereocenters. The van der Waals surface area contributed by atoms with Gasteiger partial charge >= 0.3 is 0 Å². The quantitative estimate of drug-likeness (QED) is 0.584. The molecule has 4 nitrogen and oxygen atoms in total. The Balaban J connectivity index is 2.33. The van der Waals surface area contributed by atoms with E-state index in [1.165, 1.54) is 0 Å². The molecule has 1 N–H and O–H groups in total. The van der Waals surface area contributed by atoms with Crippen LogP contribution in [0.1, 0.15) is 25.6 Å². The summed E-state index contributed by atoms with van der Waals surface area (Å²) in [5.74, 6) is 0.636. The highest BCUT2D eigenvalue weighted by Crippen LogP contribution is 2.29. The molecular weight excluding hydrogens is 262 g/mol. The van der Waals surface area contributed by atoms with Crippen LogP contribution in [0.4, 0.5) is 0 Å². The molecule has 0 saturated heterocycles. The van der Waals surface area contributed by atoms with Gasteiger partial charge in [-0.05, 0) is 12.5 Å². The van der Waals surface area contributed by atoms with Gasteiger partial charge in [0.2, 0.25) is 0 Å². The minimum atomic E-state index is 0.333. The molecule has 0 radical (unpaired) electrons. The highest BCUT2D eigenvalue weighted by molar-refractivity contribution is 6.35. The molecule has 0 fully saturated rings. The summed E-state index contributed by atoms with van der Waals surface area (Å²) < 4.78 is 1.15. The molecule has 0 aliphatic carbocycles. The Morgan fingerprint density at radius 1 is 1.26 bits per heavy atom. The molecule has 98 valence electrons. The van der Waals surface area contributed by atoms with Gasteiger partial charge < -0.3 is 5.21 Å². The first kappa shape index (κ1) is 12.2. The third-order valence-corrected chi connectivity index (χ3v) is 3.51. The number of hydrogen-bond acceptors (Lipinski definition) is 3. The lowest BCUT2D eigenvalue weighted by Crippen LogP contribution is -1.99. The molecule has 5 heteroatoms. The number of pyridine rings is 1. The lowest BCUT2D eigenvalue weighted by Gasteiger charge is -2.02. The van der Waals surface area contributed by atoms with E-state index in [0.29, 0.717) is 22.0 Å². The van der Waals surface area contributed by atoms with Crippen LogP contribution in [0.15, 0.2) is 24.3 Å². The molecule has 19 heavy (non-hydrogen) atoms. The Hall–Kier alpha value is -1.81. The van der Waals surface area contributed by atoms with Crippen molar-refractivity contribution in [1.82, 2.24) is 14.7 Å². The number of aryl methyl sites for hydroxylation is 1. The predicted octanol–water partition coefficient (Wildman–Crippen LogP) is 3.82. The summed E-state index contributed by atoms with van der Waals surface area (Å²) in [6.45, 7) is 2.11. The molecule has 2 heterocycles. The number of unbranched alkanes of at least 4 members (excludes halogenated alkanes) is 1. The fourth-order valence-corrected chi connectivity index (χ4v) is 2.49. The third-order valence-electron chi connectivity index (χ3n) is 3.25. The Bertz CT molecular complexity index is 751. The Kier molecular flexibility index (Phi) is 3.03. The fourth-order valence-electron chi connectivity index (χ4n) is 2.27. The SMILES string of the molecule is CCCCc1nc2c(Cl)nc3ccccc3c2n1O. The number of nitrogens with zero attached hydrogens (tertiary/aromatic N) is 3. The maximum absolute atomic E-state index is 10.3. The highest BCUT2D eigenvalue weighted by atomic mass is 35.5. The van der Waals surface area contributed by atoms with Crippen molar-refractivity contribution >= 4 is 33.5 Å². The molecule has 0 aliphatic heterocycles. The molecule has 1 aromatic carbocycles. The zero-order valence-corrected chi connectivity index (χ0v) is 11.4. The Morgan fingerprint density at radius 3 is 2.84 bits per heavy atom. The van der Waals surface area contributed by atoms with Gasteiger partial charge in [-0.25, -0.2) is 9.97 Å². The van der Waals surface area contributed by atoms with Crippen LogP contribution in [0.5, 0.6) is 0 Å². The van der Waals surface area contributed by atoms with Crippen LogP contribution < -0.4 is 0 Å². The lowest BCUT2D eigenvalue weighted by molar-refractivity contribution is 0.188. The molecule has 0 bridgehead atoms. The van der Waals surface area contributed by atoms with E-state index >= 15 is 0 Å². The van der Waals surface area contributed by atoms with E-state index < -0.39 is 0 Å². The number of imidazole rings is 1. The van der Waals surface area contributed by atoms with Crippen LogP contribution in [-0.4, -0.2) is 19.9 Å². The first-order chi connectivity index (χ1) is 9.22. The van der Waals surface area contributed by atoms with Crippen molar-refractivity contribution in [3.63, 3.8) is 0 Å². The van der Waals surface area contributed by atoms with E-state index in [2.05, 4.69) is 16.9 Å². The van der Waals surface area contributed by atoms with Gasteiger partial charge in [-0.15, -0.1) is 0 Å². The summed E-state index contributed by atoms with van der Waals surface area (Å²) in [5, 5.41) is 11.5. The van der Waals surface area contributed by atoms with E-state index in [4.69, 9.17) is 11.6 Å². The van der Waals surface area contributed by atoms with E-state index in [0.717, 1.165) is 34.9 Å². The number of aromatic nitrogens is 3. The monoisotopic (exact) mass is 275 g/mol. The van der Waals surface area contributed by atoms with Gasteiger partial charge in [-0.1, -0.05) is 43.1 Å². The maximum Gasteiger partial charge on any atom is 0.157 e. The van der Waals surface area contributed by atoms with Crippen molar-refractivity contribution in [3.8, 4) is 0 Å². The molecule has 3 aromatic rings. The second-order valence-electron chi connectivity index (χ2n) is 4.56. The van der Waals surface area contributed by atoms with Crippen LogP contribution in [0.25, 0.3) is 21.9 Å². The second-order valence-corrected chi connectivity index (χ2v) is 4.92. The summed E-state index contributed by atoms with van der Waals surface area (Å²) in [4.78, 5) is 8.73. The van der Waals surface area contributed by atoms with Crippen LogP contribution >= 0.6 is 11.6 Å². The number of para-hydroxylation sites is 1. The first-order valence-corrected chi connectivity index (χ1v) is 6.75. The zero-order chi connectivity index (χ0) is 13.4. The van der Waals surface area contributed by atoms with Gasteiger partial charge in [-0.2, -0.15) is 4.73 Å². The summed E-state index contributed by atoms with van der Waals surface area (Å²) in [7, 11) is 0. The maximum atomic E-state index is 10.3. The van der Waals surface area contributed by atoms with E-state index in [1.807, 2.05) is 24.3 Å². The van der Waals surface area contributed by atoms with Crippen LogP contribution in [0.3, 0.4) is 0 Å². The van der Waals surface area contributed by atoms with Gasteiger partial charge in [-0.3, -0.25) is 0 Å². The van der Waals surface area contributed by atoms with Crippen LogP contribution in [-0.2, 0) is 6.42 Å². The largest absolute Gasteiger partial charge is 0.427 e. The minimum Gasteiger partial charge on any atom is -0.427 e. The molecule has 0 amide bonds. The number of halogens is 1.